The van der Waals surface area contributed by atoms with E-state index in [-0.39, 0.29) is 6.04 Å². The third-order valence-electron chi connectivity index (χ3n) is 3.06. The molecule has 2 N–H and O–H groups in total. The molecule has 0 fully saturated rings. The minimum absolute atomic E-state index is 0.0592. The average Bonchev–Trinajstić information content (AvgIpc) is 2.35. The van der Waals surface area contributed by atoms with Gasteiger partial charge in [-0.25, -0.2) is 0 Å². The van der Waals surface area contributed by atoms with E-state index in [1.807, 2.05) is 18.2 Å². The van der Waals surface area contributed by atoms with E-state index in [0.29, 0.717) is 5.92 Å². The number of methoxy groups -OCH3 is 2. The predicted molar refractivity (Wildman–Crippen MR) is 65.9 cm³/mol. The summed E-state index contributed by atoms with van der Waals surface area (Å²) in [5, 5.41) is 0. The van der Waals surface area contributed by atoms with Crippen molar-refractivity contribution < 1.29 is 9.47 Å². The van der Waals surface area contributed by atoms with Gasteiger partial charge in [-0.15, -0.1) is 0 Å². The van der Waals surface area contributed by atoms with Gasteiger partial charge >= 0.3 is 0 Å². The molecular weight excluding hydrogens is 202 g/mol. The Balaban J connectivity index is 3.17. The van der Waals surface area contributed by atoms with Crippen LogP contribution in [0.4, 0.5) is 0 Å². The molecule has 0 aromatic heterocycles. The molecule has 0 aliphatic rings. The third-order valence-corrected chi connectivity index (χ3v) is 3.06. The van der Waals surface area contributed by atoms with Crippen LogP contribution < -0.4 is 15.2 Å². The van der Waals surface area contributed by atoms with Gasteiger partial charge in [0.2, 0.25) is 0 Å². The first-order valence-electron chi connectivity index (χ1n) is 5.62. The Morgan fingerprint density at radius 1 is 1.19 bits per heavy atom. The van der Waals surface area contributed by atoms with Crippen LogP contribution in [0.2, 0.25) is 0 Å². The van der Waals surface area contributed by atoms with E-state index >= 15 is 0 Å². The molecule has 0 bridgehead atoms. The highest BCUT2D eigenvalue weighted by Crippen LogP contribution is 2.36. The molecule has 0 heterocycles. The van der Waals surface area contributed by atoms with Gasteiger partial charge in [-0.1, -0.05) is 26.3 Å². The van der Waals surface area contributed by atoms with Crippen molar-refractivity contribution in [2.75, 3.05) is 14.2 Å². The number of rotatable bonds is 5. The smallest absolute Gasteiger partial charge is 0.127 e. The first-order valence-corrected chi connectivity index (χ1v) is 5.62. The second kappa shape index (κ2) is 5.75. The molecular formula is C13H21NO2. The van der Waals surface area contributed by atoms with Crippen molar-refractivity contribution in [1.82, 2.24) is 0 Å². The molecule has 3 nitrogen and oxygen atoms in total. The maximum absolute atomic E-state index is 6.24. The lowest BCUT2D eigenvalue weighted by atomic mass is 9.92. The van der Waals surface area contributed by atoms with Gasteiger partial charge in [0.05, 0.1) is 19.8 Å². The maximum atomic E-state index is 6.24. The number of nitrogens with two attached hydrogens (primary N) is 1. The Hall–Kier alpha value is -1.22. The summed E-state index contributed by atoms with van der Waals surface area (Å²) >= 11 is 0. The van der Waals surface area contributed by atoms with Gasteiger partial charge < -0.3 is 15.2 Å². The summed E-state index contributed by atoms with van der Waals surface area (Å²) in [7, 11) is 3.31. The zero-order chi connectivity index (χ0) is 12.1. The summed E-state index contributed by atoms with van der Waals surface area (Å²) in [6.45, 7) is 4.27. The van der Waals surface area contributed by atoms with Crippen LogP contribution >= 0.6 is 0 Å². The van der Waals surface area contributed by atoms with Crippen LogP contribution in [0.1, 0.15) is 31.9 Å². The van der Waals surface area contributed by atoms with E-state index in [1.165, 1.54) is 0 Å². The molecule has 0 aliphatic heterocycles. The second-order valence-corrected chi connectivity index (χ2v) is 3.99. The van der Waals surface area contributed by atoms with Crippen molar-refractivity contribution in [2.24, 2.45) is 11.7 Å². The van der Waals surface area contributed by atoms with Gasteiger partial charge in [0.25, 0.3) is 0 Å². The Morgan fingerprint density at radius 3 is 2.06 bits per heavy atom. The van der Waals surface area contributed by atoms with Gasteiger partial charge in [-0.2, -0.15) is 0 Å². The van der Waals surface area contributed by atoms with Gasteiger partial charge in [0, 0.05) is 6.04 Å². The Bertz CT molecular complexity index is 316. The summed E-state index contributed by atoms with van der Waals surface area (Å²) in [5.74, 6) is 1.99. The van der Waals surface area contributed by atoms with Crippen molar-refractivity contribution in [3.05, 3.63) is 23.8 Å². The predicted octanol–water partition coefficient (Wildman–Crippen LogP) is 2.75. The second-order valence-electron chi connectivity index (χ2n) is 3.99. The van der Waals surface area contributed by atoms with Gasteiger partial charge in [-0.05, 0) is 18.1 Å². The maximum Gasteiger partial charge on any atom is 0.127 e. The zero-order valence-electron chi connectivity index (χ0n) is 10.5. The Labute approximate surface area is 97.6 Å². The monoisotopic (exact) mass is 223 g/mol. The molecule has 0 amide bonds. The molecule has 0 spiro atoms. The highest BCUT2D eigenvalue weighted by atomic mass is 16.5. The molecule has 0 aliphatic carbocycles. The van der Waals surface area contributed by atoms with Crippen molar-refractivity contribution >= 4 is 0 Å². The van der Waals surface area contributed by atoms with Gasteiger partial charge in [0.15, 0.2) is 0 Å². The quantitative estimate of drug-likeness (QED) is 0.834. The standard InChI is InChI=1S/C13H21NO2/c1-5-9(2)13(14)12-10(15-3)7-6-8-11(12)16-4/h6-9,13H,5,14H2,1-4H3/t9?,13-/m0/s1. The normalized spacial score (nSPS) is 14.3. The number of hydrogen-bond acceptors (Lipinski definition) is 3. The molecule has 90 valence electrons. The van der Waals surface area contributed by atoms with Crippen molar-refractivity contribution in [3.63, 3.8) is 0 Å². The third kappa shape index (κ3) is 2.47. The molecule has 1 unspecified atom stereocenters. The summed E-state index contributed by atoms with van der Waals surface area (Å²) in [6.07, 6.45) is 1.03. The van der Waals surface area contributed by atoms with Crippen LogP contribution in [-0.2, 0) is 0 Å². The first kappa shape index (κ1) is 12.8. The van der Waals surface area contributed by atoms with E-state index in [1.54, 1.807) is 14.2 Å². The van der Waals surface area contributed by atoms with Crippen molar-refractivity contribution in [1.29, 1.82) is 0 Å². The average molecular weight is 223 g/mol. The lowest BCUT2D eigenvalue weighted by Gasteiger charge is -2.23. The minimum atomic E-state index is -0.0592. The first-order chi connectivity index (χ1) is 7.65. The lowest BCUT2D eigenvalue weighted by Crippen LogP contribution is -2.20. The molecule has 0 radical (unpaired) electrons. The van der Waals surface area contributed by atoms with Gasteiger partial charge in [0.1, 0.15) is 11.5 Å². The van der Waals surface area contributed by atoms with Crippen LogP contribution in [-0.4, -0.2) is 14.2 Å². The molecule has 3 heteroatoms. The Morgan fingerprint density at radius 2 is 1.69 bits per heavy atom. The topological polar surface area (TPSA) is 44.5 Å². The van der Waals surface area contributed by atoms with Crippen LogP contribution in [0.3, 0.4) is 0 Å². The van der Waals surface area contributed by atoms with E-state index in [4.69, 9.17) is 15.2 Å². The summed E-state index contributed by atoms with van der Waals surface area (Å²) < 4.78 is 10.7. The fourth-order valence-corrected chi connectivity index (χ4v) is 1.75. The van der Waals surface area contributed by atoms with Gasteiger partial charge in [-0.3, -0.25) is 0 Å². The van der Waals surface area contributed by atoms with Crippen LogP contribution in [0, 0.1) is 5.92 Å². The van der Waals surface area contributed by atoms with E-state index in [9.17, 15) is 0 Å². The van der Waals surface area contributed by atoms with Crippen LogP contribution in [0.25, 0.3) is 0 Å². The summed E-state index contributed by atoms with van der Waals surface area (Å²) in [6, 6.07) is 5.68. The highest BCUT2D eigenvalue weighted by Gasteiger charge is 2.21. The Kier molecular flexibility index (Phi) is 4.62. The summed E-state index contributed by atoms with van der Waals surface area (Å²) in [5.41, 5.74) is 7.20. The van der Waals surface area contributed by atoms with Crippen LogP contribution in [0.5, 0.6) is 11.5 Å². The molecule has 0 saturated carbocycles. The molecule has 1 aromatic carbocycles. The van der Waals surface area contributed by atoms with E-state index < -0.39 is 0 Å². The number of benzene rings is 1. The number of ether oxygens (including phenoxy) is 2. The highest BCUT2D eigenvalue weighted by molar-refractivity contribution is 5.47. The van der Waals surface area contributed by atoms with Crippen molar-refractivity contribution in [3.8, 4) is 11.5 Å². The molecule has 1 rings (SSSR count). The molecule has 16 heavy (non-hydrogen) atoms. The fourth-order valence-electron chi connectivity index (χ4n) is 1.75. The van der Waals surface area contributed by atoms with Crippen molar-refractivity contribution in [2.45, 2.75) is 26.3 Å². The molecule has 1 aromatic rings. The lowest BCUT2D eigenvalue weighted by molar-refractivity contribution is 0.360. The molecule has 2 atom stereocenters. The van der Waals surface area contributed by atoms with E-state index in [0.717, 1.165) is 23.5 Å². The largest absolute Gasteiger partial charge is 0.496 e. The fraction of sp³-hybridized carbons (Fsp3) is 0.538. The minimum Gasteiger partial charge on any atom is -0.496 e. The number of hydrogen-bond donors (Lipinski definition) is 1. The summed E-state index contributed by atoms with van der Waals surface area (Å²) in [4.78, 5) is 0. The van der Waals surface area contributed by atoms with Crippen LogP contribution in [0.15, 0.2) is 18.2 Å². The zero-order valence-corrected chi connectivity index (χ0v) is 10.5. The molecule has 0 saturated heterocycles. The van der Waals surface area contributed by atoms with E-state index in [2.05, 4.69) is 13.8 Å². The SMILES string of the molecule is CCC(C)[C@H](N)c1c(OC)cccc1OC.